The fourth-order valence-electron chi connectivity index (χ4n) is 3.36. The molecule has 0 spiro atoms. The summed E-state index contributed by atoms with van der Waals surface area (Å²) in [5.41, 5.74) is 3.21. The van der Waals surface area contributed by atoms with Crippen LogP contribution >= 0.6 is 11.6 Å². The van der Waals surface area contributed by atoms with E-state index in [4.69, 9.17) is 11.6 Å². The van der Waals surface area contributed by atoms with Gasteiger partial charge in [-0.25, -0.2) is 0 Å². The summed E-state index contributed by atoms with van der Waals surface area (Å²) < 4.78 is 0. The van der Waals surface area contributed by atoms with E-state index in [0.717, 1.165) is 37.4 Å². The van der Waals surface area contributed by atoms with Crippen LogP contribution in [0, 0.1) is 6.92 Å². The maximum Gasteiger partial charge on any atom is 0.251 e. The molecule has 1 aliphatic rings. The zero-order valence-electron chi connectivity index (χ0n) is 16.9. The molecule has 0 aliphatic carbocycles. The second-order valence-corrected chi connectivity index (χ2v) is 7.76. The number of anilines is 2. The third kappa shape index (κ3) is 5.71. The molecule has 0 atom stereocenters. The van der Waals surface area contributed by atoms with Crippen molar-refractivity contribution in [3.05, 3.63) is 58.6 Å². The van der Waals surface area contributed by atoms with E-state index in [0.29, 0.717) is 16.3 Å². The van der Waals surface area contributed by atoms with Gasteiger partial charge in [-0.05, 0) is 43.8 Å². The maximum absolute atomic E-state index is 12.5. The summed E-state index contributed by atoms with van der Waals surface area (Å²) in [5, 5.41) is 6.34. The number of likely N-dealkylation sites (N-methyl/N-ethyl adjacent to an activating group) is 1. The largest absolute Gasteiger partial charge is 0.367 e. The van der Waals surface area contributed by atoms with E-state index in [1.807, 2.05) is 37.3 Å². The van der Waals surface area contributed by atoms with Crippen molar-refractivity contribution in [2.45, 2.75) is 13.3 Å². The molecule has 7 heteroatoms. The number of nitrogens with zero attached hydrogens (tertiary/aromatic N) is 2. The van der Waals surface area contributed by atoms with Crippen LogP contribution < -0.4 is 15.5 Å². The molecule has 1 heterocycles. The van der Waals surface area contributed by atoms with Crippen LogP contribution in [0.2, 0.25) is 5.02 Å². The van der Waals surface area contributed by atoms with Gasteiger partial charge in [-0.15, -0.1) is 0 Å². The molecule has 0 saturated carbocycles. The van der Waals surface area contributed by atoms with Crippen molar-refractivity contribution in [1.29, 1.82) is 0 Å². The van der Waals surface area contributed by atoms with Gasteiger partial charge in [-0.1, -0.05) is 29.8 Å². The highest BCUT2D eigenvalue weighted by Crippen LogP contribution is 2.30. The first-order valence-electron chi connectivity index (χ1n) is 9.81. The molecule has 29 heavy (non-hydrogen) atoms. The summed E-state index contributed by atoms with van der Waals surface area (Å²) in [7, 11) is 2.10. The molecule has 6 nitrogen and oxygen atoms in total. The van der Waals surface area contributed by atoms with Crippen molar-refractivity contribution >= 4 is 34.8 Å². The van der Waals surface area contributed by atoms with Crippen LogP contribution in [-0.4, -0.2) is 56.5 Å². The highest BCUT2D eigenvalue weighted by molar-refractivity contribution is 6.31. The topological polar surface area (TPSA) is 64.7 Å². The second kappa shape index (κ2) is 9.76. The molecule has 2 aromatic rings. The summed E-state index contributed by atoms with van der Waals surface area (Å²) in [6, 6.07) is 12.9. The van der Waals surface area contributed by atoms with E-state index in [1.54, 1.807) is 12.1 Å². The van der Waals surface area contributed by atoms with Gasteiger partial charge in [0.2, 0.25) is 5.91 Å². The Morgan fingerprint density at radius 2 is 1.79 bits per heavy atom. The summed E-state index contributed by atoms with van der Waals surface area (Å²) in [4.78, 5) is 29.3. The number of hydrogen-bond acceptors (Lipinski definition) is 4. The smallest absolute Gasteiger partial charge is 0.251 e. The molecule has 2 aromatic carbocycles. The molecule has 0 aromatic heterocycles. The minimum absolute atomic E-state index is 0.160. The number of carbonyl (C=O) groups excluding carboxylic acids is 2. The lowest BCUT2D eigenvalue weighted by Crippen LogP contribution is -2.44. The molecular formula is C22H27ClN4O2. The minimum Gasteiger partial charge on any atom is -0.367 e. The number of hydrogen-bond donors (Lipinski definition) is 2. The number of nitrogens with one attached hydrogen (secondary N) is 2. The quantitative estimate of drug-likeness (QED) is 0.762. The number of aryl methyl sites for hydroxylation is 1. The summed E-state index contributed by atoms with van der Waals surface area (Å²) >= 11 is 6.16. The predicted molar refractivity (Wildman–Crippen MR) is 118 cm³/mol. The Morgan fingerprint density at radius 3 is 2.52 bits per heavy atom. The predicted octanol–water partition coefficient (Wildman–Crippen LogP) is 3.16. The molecule has 1 fully saturated rings. The van der Waals surface area contributed by atoms with Crippen LogP contribution in [0.1, 0.15) is 22.3 Å². The van der Waals surface area contributed by atoms with Crippen molar-refractivity contribution < 1.29 is 9.59 Å². The SMILES string of the molecule is Cc1ccccc1C(=O)NCCC(=O)Nc1cc(Cl)ccc1N1CCN(C)CC1. The van der Waals surface area contributed by atoms with Gasteiger partial charge < -0.3 is 20.4 Å². The van der Waals surface area contributed by atoms with Crippen molar-refractivity contribution in [3.8, 4) is 0 Å². The molecule has 154 valence electrons. The number of halogens is 1. The molecule has 1 saturated heterocycles. The molecule has 2 N–H and O–H groups in total. The Kier molecular flexibility index (Phi) is 7.12. The van der Waals surface area contributed by atoms with Crippen LogP contribution in [0.15, 0.2) is 42.5 Å². The number of rotatable bonds is 6. The van der Waals surface area contributed by atoms with Crippen molar-refractivity contribution in [2.24, 2.45) is 0 Å². The fourth-order valence-corrected chi connectivity index (χ4v) is 3.53. The number of carbonyl (C=O) groups is 2. The Hall–Kier alpha value is -2.57. The van der Waals surface area contributed by atoms with Gasteiger partial charge in [-0.3, -0.25) is 9.59 Å². The van der Waals surface area contributed by atoms with E-state index in [9.17, 15) is 9.59 Å². The molecule has 1 aliphatic heterocycles. The van der Waals surface area contributed by atoms with Gasteiger partial charge in [0, 0.05) is 49.7 Å². The van der Waals surface area contributed by atoms with Crippen LogP contribution in [-0.2, 0) is 4.79 Å². The average molecular weight is 415 g/mol. The van der Waals surface area contributed by atoms with Gasteiger partial charge in [0.1, 0.15) is 0 Å². The van der Waals surface area contributed by atoms with Crippen LogP contribution in [0.5, 0.6) is 0 Å². The Labute approximate surface area is 176 Å². The van der Waals surface area contributed by atoms with Gasteiger partial charge >= 0.3 is 0 Å². The first-order valence-corrected chi connectivity index (χ1v) is 10.2. The minimum atomic E-state index is -0.170. The molecule has 2 amide bonds. The summed E-state index contributed by atoms with van der Waals surface area (Å²) in [5.74, 6) is -0.329. The van der Waals surface area contributed by atoms with Crippen molar-refractivity contribution in [2.75, 3.05) is 50.0 Å². The Balaban J connectivity index is 1.57. The lowest BCUT2D eigenvalue weighted by atomic mass is 10.1. The molecule has 3 rings (SSSR count). The second-order valence-electron chi connectivity index (χ2n) is 7.32. The lowest BCUT2D eigenvalue weighted by Gasteiger charge is -2.35. The van der Waals surface area contributed by atoms with Crippen LogP contribution in [0.4, 0.5) is 11.4 Å². The van der Waals surface area contributed by atoms with Crippen molar-refractivity contribution in [3.63, 3.8) is 0 Å². The molecular weight excluding hydrogens is 388 g/mol. The average Bonchev–Trinajstić information content (AvgIpc) is 2.69. The van der Waals surface area contributed by atoms with Gasteiger partial charge in [0.05, 0.1) is 11.4 Å². The van der Waals surface area contributed by atoms with Gasteiger partial charge in [0.15, 0.2) is 0 Å². The zero-order valence-corrected chi connectivity index (χ0v) is 17.6. The number of amides is 2. The number of benzene rings is 2. The molecule has 0 unspecified atom stereocenters. The van der Waals surface area contributed by atoms with E-state index in [2.05, 4.69) is 27.5 Å². The van der Waals surface area contributed by atoms with Crippen LogP contribution in [0.3, 0.4) is 0 Å². The highest BCUT2D eigenvalue weighted by Gasteiger charge is 2.18. The highest BCUT2D eigenvalue weighted by atomic mass is 35.5. The van der Waals surface area contributed by atoms with Crippen molar-refractivity contribution in [1.82, 2.24) is 10.2 Å². The van der Waals surface area contributed by atoms with Gasteiger partial charge in [0.25, 0.3) is 5.91 Å². The first-order chi connectivity index (χ1) is 13.9. The Bertz CT molecular complexity index is 879. The lowest BCUT2D eigenvalue weighted by molar-refractivity contribution is -0.116. The van der Waals surface area contributed by atoms with Crippen LogP contribution in [0.25, 0.3) is 0 Å². The first kappa shape index (κ1) is 21.1. The molecule has 0 radical (unpaired) electrons. The standard InChI is InChI=1S/C22H27ClN4O2/c1-16-5-3-4-6-18(16)22(29)24-10-9-21(28)25-19-15-17(23)7-8-20(19)27-13-11-26(2)12-14-27/h3-8,15H,9-14H2,1-2H3,(H,24,29)(H,25,28). The third-order valence-corrected chi connectivity index (χ3v) is 5.34. The molecule has 0 bridgehead atoms. The number of piperazine rings is 1. The van der Waals surface area contributed by atoms with E-state index >= 15 is 0 Å². The van der Waals surface area contributed by atoms with E-state index in [1.165, 1.54) is 0 Å². The normalized spacial score (nSPS) is 14.5. The summed E-state index contributed by atoms with van der Waals surface area (Å²) in [6.07, 6.45) is 0.187. The van der Waals surface area contributed by atoms with Gasteiger partial charge in [-0.2, -0.15) is 0 Å². The zero-order chi connectivity index (χ0) is 20.8. The summed E-state index contributed by atoms with van der Waals surface area (Å²) in [6.45, 7) is 5.90. The Morgan fingerprint density at radius 1 is 1.07 bits per heavy atom. The maximum atomic E-state index is 12.5. The fraction of sp³-hybridized carbons (Fsp3) is 0.364. The van der Waals surface area contributed by atoms with E-state index in [-0.39, 0.29) is 24.8 Å². The third-order valence-electron chi connectivity index (χ3n) is 5.10. The van der Waals surface area contributed by atoms with E-state index < -0.39 is 0 Å². The monoisotopic (exact) mass is 414 g/mol.